The number of ether oxygens (including phenoxy) is 2. The fourth-order valence-electron chi connectivity index (χ4n) is 5.05. The minimum atomic E-state index is 0.0855. The molecule has 6 rings (SSSR count). The number of piperidine rings is 1. The standard InChI is InChI=1S/C23H24N6O3S/c1-14-3-5-18-16(9-14)17-11-27(2)8-7-19(17)28(18)22(30)12-33-23-24-25-26-29(23)15-4-6-20-21(10-15)32-13-31-20/h3-6,9-10,17,19H,7-8,11-13H2,1-2H3/t17-,19-/m0/s1. The van der Waals surface area contributed by atoms with E-state index in [0.717, 1.165) is 30.9 Å². The van der Waals surface area contributed by atoms with Crippen LogP contribution < -0.4 is 14.4 Å². The molecule has 0 saturated carbocycles. The number of benzene rings is 2. The van der Waals surface area contributed by atoms with Crippen LogP contribution in [0.4, 0.5) is 5.69 Å². The van der Waals surface area contributed by atoms with Crippen LogP contribution in [0.2, 0.25) is 0 Å². The van der Waals surface area contributed by atoms with Gasteiger partial charge in [-0.2, -0.15) is 4.68 Å². The summed E-state index contributed by atoms with van der Waals surface area (Å²) in [6.45, 7) is 4.28. The zero-order valence-corrected chi connectivity index (χ0v) is 19.3. The highest BCUT2D eigenvalue weighted by Gasteiger charge is 2.43. The lowest BCUT2D eigenvalue weighted by Gasteiger charge is -2.36. The minimum absolute atomic E-state index is 0.0855. The third-order valence-corrected chi connectivity index (χ3v) is 7.49. The van der Waals surface area contributed by atoms with Crippen LogP contribution in [0.25, 0.3) is 5.69 Å². The molecule has 0 bridgehead atoms. The monoisotopic (exact) mass is 464 g/mol. The molecular formula is C23H24N6O3S. The van der Waals surface area contributed by atoms with Crippen molar-refractivity contribution in [2.45, 2.75) is 30.5 Å². The quantitative estimate of drug-likeness (QED) is 0.545. The van der Waals surface area contributed by atoms with E-state index in [9.17, 15) is 4.79 Å². The van der Waals surface area contributed by atoms with Crippen LogP contribution in [0.3, 0.4) is 0 Å². The SMILES string of the molecule is Cc1ccc2c(c1)[C@@H]1CN(C)CC[C@@H]1N2C(=O)CSc1nnnn1-c1ccc2c(c1)OCO2. The minimum Gasteiger partial charge on any atom is -0.454 e. The Morgan fingerprint density at radius 3 is 2.97 bits per heavy atom. The average molecular weight is 465 g/mol. The molecule has 0 N–H and O–H groups in total. The molecule has 0 radical (unpaired) electrons. The van der Waals surface area contributed by atoms with Gasteiger partial charge in [0.05, 0.1) is 11.4 Å². The number of nitrogens with zero attached hydrogens (tertiary/aromatic N) is 6. The number of likely N-dealkylation sites (tertiary alicyclic amines) is 1. The molecule has 9 nitrogen and oxygen atoms in total. The van der Waals surface area contributed by atoms with Crippen LogP contribution in [0.15, 0.2) is 41.6 Å². The molecule has 10 heteroatoms. The molecule has 0 unspecified atom stereocenters. The van der Waals surface area contributed by atoms with E-state index in [1.54, 1.807) is 4.68 Å². The molecule has 1 saturated heterocycles. The topological polar surface area (TPSA) is 85.6 Å². The number of amides is 1. The summed E-state index contributed by atoms with van der Waals surface area (Å²) >= 11 is 1.35. The Morgan fingerprint density at radius 1 is 1.18 bits per heavy atom. The van der Waals surface area contributed by atoms with Crippen molar-refractivity contribution in [3.63, 3.8) is 0 Å². The van der Waals surface area contributed by atoms with Gasteiger partial charge in [0.2, 0.25) is 17.9 Å². The predicted octanol–water partition coefficient (Wildman–Crippen LogP) is 2.63. The van der Waals surface area contributed by atoms with Gasteiger partial charge in [-0.3, -0.25) is 4.79 Å². The second kappa shape index (κ2) is 8.03. The third-order valence-electron chi connectivity index (χ3n) is 6.59. The van der Waals surface area contributed by atoms with Crippen molar-refractivity contribution in [1.29, 1.82) is 0 Å². The molecule has 3 aromatic rings. The summed E-state index contributed by atoms with van der Waals surface area (Å²) in [6.07, 6.45) is 0.972. The van der Waals surface area contributed by atoms with Gasteiger partial charge >= 0.3 is 0 Å². The second-order valence-corrected chi connectivity index (χ2v) is 9.69. The highest BCUT2D eigenvalue weighted by molar-refractivity contribution is 7.99. The highest BCUT2D eigenvalue weighted by Crippen LogP contribution is 2.45. The van der Waals surface area contributed by atoms with Crippen LogP contribution in [-0.2, 0) is 4.79 Å². The number of thioether (sulfide) groups is 1. The van der Waals surface area contributed by atoms with E-state index < -0.39 is 0 Å². The van der Waals surface area contributed by atoms with Gasteiger partial charge in [-0.1, -0.05) is 29.5 Å². The van der Waals surface area contributed by atoms with Crippen LogP contribution in [0, 0.1) is 6.92 Å². The van der Waals surface area contributed by atoms with E-state index in [4.69, 9.17) is 9.47 Å². The number of anilines is 1. The van der Waals surface area contributed by atoms with Crippen LogP contribution >= 0.6 is 11.8 Å². The van der Waals surface area contributed by atoms with E-state index in [2.05, 4.69) is 52.6 Å². The normalized spacial score (nSPS) is 21.2. The van der Waals surface area contributed by atoms with Gasteiger partial charge in [-0.25, -0.2) is 0 Å². The van der Waals surface area contributed by atoms with Gasteiger partial charge in [0, 0.05) is 30.3 Å². The number of carbonyl (C=O) groups excluding carboxylic acids is 1. The highest BCUT2D eigenvalue weighted by atomic mass is 32.2. The maximum atomic E-state index is 13.5. The summed E-state index contributed by atoms with van der Waals surface area (Å²) in [5.41, 5.74) is 4.32. The zero-order valence-electron chi connectivity index (χ0n) is 18.5. The van der Waals surface area contributed by atoms with Crippen molar-refractivity contribution >= 4 is 23.4 Å². The number of likely N-dealkylation sites (N-methyl/N-ethyl adjacent to an activating group) is 1. The summed E-state index contributed by atoms with van der Waals surface area (Å²) in [6, 6.07) is 12.2. The van der Waals surface area contributed by atoms with Crippen LogP contribution in [-0.4, -0.2) is 69.7 Å². The average Bonchev–Trinajstić information content (AvgIpc) is 3.54. The first-order valence-electron chi connectivity index (χ1n) is 11.0. The molecule has 1 aromatic heterocycles. The van der Waals surface area contributed by atoms with E-state index in [1.165, 1.54) is 22.9 Å². The van der Waals surface area contributed by atoms with Gasteiger partial charge in [0.1, 0.15) is 0 Å². The number of aromatic nitrogens is 4. The number of hydrogen-bond donors (Lipinski definition) is 0. The molecule has 3 aliphatic rings. The molecular weight excluding hydrogens is 440 g/mol. The maximum Gasteiger partial charge on any atom is 0.237 e. The molecule has 33 heavy (non-hydrogen) atoms. The van der Waals surface area contributed by atoms with E-state index in [0.29, 0.717) is 22.6 Å². The lowest BCUT2D eigenvalue weighted by molar-refractivity contribution is -0.116. The van der Waals surface area contributed by atoms with Crippen molar-refractivity contribution in [2.75, 3.05) is 37.6 Å². The smallest absolute Gasteiger partial charge is 0.237 e. The van der Waals surface area contributed by atoms with Crippen molar-refractivity contribution < 1.29 is 14.3 Å². The Morgan fingerprint density at radius 2 is 2.06 bits per heavy atom. The predicted molar refractivity (Wildman–Crippen MR) is 123 cm³/mol. The number of aryl methyl sites for hydroxylation is 1. The molecule has 0 aliphatic carbocycles. The van der Waals surface area contributed by atoms with E-state index >= 15 is 0 Å². The molecule has 170 valence electrons. The number of hydrogen-bond acceptors (Lipinski definition) is 8. The van der Waals surface area contributed by atoms with Gasteiger partial charge in [0.15, 0.2) is 11.5 Å². The molecule has 1 amide bonds. The Kier molecular flexibility index (Phi) is 4.99. The van der Waals surface area contributed by atoms with Crippen molar-refractivity contribution in [3.8, 4) is 17.2 Å². The molecule has 2 aromatic carbocycles. The Balaban J connectivity index is 1.23. The Labute approximate surface area is 195 Å². The lowest BCUT2D eigenvalue weighted by atomic mass is 9.89. The Hall–Kier alpha value is -3.11. The largest absolute Gasteiger partial charge is 0.454 e. The number of carbonyl (C=O) groups is 1. The van der Waals surface area contributed by atoms with Gasteiger partial charge < -0.3 is 19.3 Å². The van der Waals surface area contributed by atoms with Crippen molar-refractivity contribution in [1.82, 2.24) is 25.1 Å². The third kappa shape index (κ3) is 3.53. The van der Waals surface area contributed by atoms with Crippen molar-refractivity contribution in [3.05, 3.63) is 47.5 Å². The van der Waals surface area contributed by atoms with Crippen LogP contribution in [0.5, 0.6) is 11.5 Å². The molecule has 4 heterocycles. The summed E-state index contributed by atoms with van der Waals surface area (Å²) in [4.78, 5) is 17.9. The van der Waals surface area contributed by atoms with Crippen LogP contribution in [0.1, 0.15) is 23.5 Å². The first kappa shape index (κ1) is 20.5. The first-order valence-corrected chi connectivity index (χ1v) is 12.0. The van der Waals surface area contributed by atoms with Gasteiger partial charge in [0.25, 0.3) is 0 Å². The zero-order chi connectivity index (χ0) is 22.5. The lowest BCUT2D eigenvalue weighted by Crippen LogP contribution is -2.47. The summed E-state index contributed by atoms with van der Waals surface area (Å²) in [5, 5.41) is 12.6. The van der Waals surface area contributed by atoms with Gasteiger partial charge in [-0.05, 0) is 61.1 Å². The fourth-order valence-corrected chi connectivity index (χ4v) is 5.80. The molecule has 3 aliphatic heterocycles. The van der Waals surface area contributed by atoms with Crippen molar-refractivity contribution in [2.24, 2.45) is 0 Å². The molecule has 1 fully saturated rings. The fraction of sp³-hybridized carbons (Fsp3) is 0.391. The Bertz CT molecular complexity index is 1230. The first-order chi connectivity index (χ1) is 16.1. The number of rotatable bonds is 4. The second-order valence-electron chi connectivity index (χ2n) is 8.75. The summed E-state index contributed by atoms with van der Waals surface area (Å²) in [5.74, 6) is 2.06. The number of fused-ring (bicyclic) bond motifs is 4. The molecule has 0 spiro atoms. The molecule has 2 atom stereocenters. The van der Waals surface area contributed by atoms with E-state index in [1.807, 2.05) is 23.1 Å². The summed E-state index contributed by atoms with van der Waals surface area (Å²) in [7, 11) is 2.15. The summed E-state index contributed by atoms with van der Waals surface area (Å²) < 4.78 is 12.5. The maximum absolute atomic E-state index is 13.5. The number of tetrazole rings is 1. The van der Waals surface area contributed by atoms with Gasteiger partial charge in [-0.15, -0.1) is 5.10 Å². The van der Waals surface area contributed by atoms with E-state index in [-0.39, 0.29) is 24.5 Å².